The average molecular weight is 252 g/mol. The zero-order chi connectivity index (χ0) is 11.1. The normalized spacial score (nSPS) is 19.9. The van der Waals surface area contributed by atoms with Gasteiger partial charge in [0.05, 0.1) is 5.56 Å². The zero-order valence-electron chi connectivity index (χ0n) is 8.55. The Balaban J connectivity index is 0.00000128. The molecule has 0 bridgehead atoms. The molecule has 0 aromatic heterocycles. The van der Waals surface area contributed by atoms with Crippen molar-refractivity contribution in [2.75, 3.05) is 0 Å². The maximum Gasteiger partial charge on any atom is 0.416 e. The Labute approximate surface area is 98.2 Å². The molecule has 0 aliphatic heterocycles. The van der Waals surface area contributed by atoms with Gasteiger partial charge in [-0.1, -0.05) is 12.1 Å². The van der Waals surface area contributed by atoms with Crippen molar-refractivity contribution in [1.29, 1.82) is 0 Å². The number of benzene rings is 1. The Morgan fingerprint density at radius 2 is 1.94 bits per heavy atom. The summed E-state index contributed by atoms with van der Waals surface area (Å²) in [5, 5.41) is 0. The predicted molar refractivity (Wildman–Crippen MR) is 58.6 cm³/mol. The standard InChI is InChI=1S/C11H12F3N.ClH/c12-11(13,14)9-5-1-4-8-7(9)3-2-6-10(8)15;/h1,4-5,10H,2-3,6,15H2;1H/t10-;/m0./s1. The summed E-state index contributed by atoms with van der Waals surface area (Å²) in [4.78, 5) is 0. The van der Waals surface area contributed by atoms with Gasteiger partial charge in [0.15, 0.2) is 0 Å². The number of halogens is 4. The molecule has 1 aliphatic carbocycles. The molecule has 0 saturated carbocycles. The Morgan fingerprint density at radius 1 is 1.25 bits per heavy atom. The number of alkyl halides is 3. The van der Waals surface area contributed by atoms with Crippen LogP contribution in [0.5, 0.6) is 0 Å². The molecule has 5 heteroatoms. The molecular weight excluding hydrogens is 239 g/mol. The van der Waals surface area contributed by atoms with Crippen molar-refractivity contribution in [2.24, 2.45) is 5.73 Å². The molecule has 1 atom stereocenters. The minimum Gasteiger partial charge on any atom is -0.324 e. The third-order valence-corrected chi connectivity index (χ3v) is 2.86. The van der Waals surface area contributed by atoms with Crippen LogP contribution in [0.1, 0.15) is 35.6 Å². The van der Waals surface area contributed by atoms with Crippen molar-refractivity contribution in [2.45, 2.75) is 31.5 Å². The second kappa shape index (κ2) is 4.63. The van der Waals surface area contributed by atoms with E-state index in [4.69, 9.17) is 5.73 Å². The summed E-state index contributed by atoms with van der Waals surface area (Å²) >= 11 is 0. The highest BCUT2D eigenvalue weighted by molar-refractivity contribution is 5.85. The molecule has 1 aromatic carbocycles. The van der Waals surface area contributed by atoms with Gasteiger partial charge in [-0.05, 0) is 36.5 Å². The highest BCUT2D eigenvalue weighted by Gasteiger charge is 2.35. The summed E-state index contributed by atoms with van der Waals surface area (Å²) in [6.07, 6.45) is -2.27. The second-order valence-electron chi connectivity index (χ2n) is 3.87. The highest BCUT2D eigenvalue weighted by atomic mass is 35.5. The number of hydrogen-bond donors (Lipinski definition) is 1. The summed E-state index contributed by atoms with van der Waals surface area (Å²) in [6, 6.07) is 4.04. The van der Waals surface area contributed by atoms with Crippen LogP contribution < -0.4 is 5.73 Å². The van der Waals surface area contributed by atoms with E-state index in [1.807, 2.05) is 0 Å². The van der Waals surface area contributed by atoms with Crippen LogP contribution in [0.3, 0.4) is 0 Å². The van der Waals surface area contributed by atoms with Crippen molar-refractivity contribution in [1.82, 2.24) is 0 Å². The van der Waals surface area contributed by atoms with E-state index >= 15 is 0 Å². The molecule has 90 valence electrons. The maximum atomic E-state index is 12.7. The lowest BCUT2D eigenvalue weighted by Gasteiger charge is -2.25. The number of hydrogen-bond acceptors (Lipinski definition) is 1. The molecule has 0 unspecified atom stereocenters. The van der Waals surface area contributed by atoms with Gasteiger partial charge in [0, 0.05) is 6.04 Å². The summed E-state index contributed by atoms with van der Waals surface area (Å²) in [6.45, 7) is 0. The van der Waals surface area contributed by atoms with E-state index in [1.54, 1.807) is 6.07 Å². The van der Waals surface area contributed by atoms with Crippen LogP contribution in [0.2, 0.25) is 0 Å². The van der Waals surface area contributed by atoms with Gasteiger partial charge in [0.25, 0.3) is 0 Å². The SMILES string of the molecule is Cl.N[C@H]1CCCc2c1cccc2C(F)(F)F. The number of fused-ring (bicyclic) bond motifs is 1. The minimum absolute atomic E-state index is 0. The first-order valence-corrected chi connectivity index (χ1v) is 4.94. The first-order valence-electron chi connectivity index (χ1n) is 4.94. The molecule has 2 N–H and O–H groups in total. The van der Waals surface area contributed by atoms with Crippen LogP contribution in [0.4, 0.5) is 13.2 Å². The van der Waals surface area contributed by atoms with Crippen LogP contribution in [-0.2, 0) is 12.6 Å². The summed E-state index contributed by atoms with van der Waals surface area (Å²) in [5.74, 6) is 0. The van der Waals surface area contributed by atoms with E-state index in [-0.39, 0.29) is 18.4 Å². The Morgan fingerprint density at radius 3 is 2.56 bits per heavy atom. The van der Waals surface area contributed by atoms with Crippen LogP contribution in [0.25, 0.3) is 0 Å². The van der Waals surface area contributed by atoms with E-state index < -0.39 is 11.7 Å². The summed E-state index contributed by atoms with van der Waals surface area (Å²) in [5.41, 5.74) is 6.33. The first kappa shape index (κ1) is 13.3. The fraction of sp³-hybridized carbons (Fsp3) is 0.455. The largest absolute Gasteiger partial charge is 0.416 e. The van der Waals surface area contributed by atoms with Crippen molar-refractivity contribution < 1.29 is 13.2 Å². The van der Waals surface area contributed by atoms with Crippen molar-refractivity contribution >= 4 is 12.4 Å². The summed E-state index contributed by atoms with van der Waals surface area (Å²) < 4.78 is 38.0. The number of nitrogens with two attached hydrogens (primary N) is 1. The molecule has 1 nitrogen and oxygen atoms in total. The fourth-order valence-corrected chi connectivity index (χ4v) is 2.15. The van der Waals surface area contributed by atoms with E-state index in [0.717, 1.165) is 18.9 Å². The minimum atomic E-state index is -4.26. The van der Waals surface area contributed by atoms with E-state index in [2.05, 4.69) is 0 Å². The van der Waals surface area contributed by atoms with Gasteiger partial charge >= 0.3 is 6.18 Å². The molecule has 16 heavy (non-hydrogen) atoms. The van der Waals surface area contributed by atoms with Gasteiger partial charge in [-0.15, -0.1) is 12.4 Å². The molecule has 1 aromatic rings. The zero-order valence-corrected chi connectivity index (χ0v) is 9.37. The molecule has 0 amide bonds. The third kappa shape index (κ3) is 2.33. The van der Waals surface area contributed by atoms with Crippen molar-refractivity contribution in [3.8, 4) is 0 Å². The second-order valence-corrected chi connectivity index (χ2v) is 3.87. The van der Waals surface area contributed by atoms with Gasteiger partial charge in [-0.2, -0.15) is 13.2 Å². The number of rotatable bonds is 0. The topological polar surface area (TPSA) is 26.0 Å². The fourth-order valence-electron chi connectivity index (χ4n) is 2.15. The maximum absolute atomic E-state index is 12.7. The van der Waals surface area contributed by atoms with Gasteiger partial charge in [-0.3, -0.25) is 0 Å². The Kier molecular flexibility index (Phi) is 3.86. The molecule has 2 rings (SSSR count). The lowest BCUT2D eigenvalue weighted by atomic mass is 9.85. The molecular formula is C11H13ClF3N. The molecule has 0 radical (unpaired) electrons. The average Bonchev–Trinajstić information content (AvgIpc) is 2.16. The van der Waals surface area contributed by atoms with E-state index in [0.29, 0.717) is 17.5 Å². The van der Waals surface area contributed by atoms with Crippen molar-refractivity contribution in [3.05, 3.63) is 34.9 Å². The van der Waals surface area contributed by atoms with E-state index in [1.165, 1.54) is 6.07 Å². The quantitative estimate of drug-likeness (QED) is 0.751. The molecule has 1 aliphatic rings. The molecule has 0 heterocycles. The Bertz CT molecular complexity index is 376. The third-order valence-electron chi connectivity index (χ3n) is 2.86. The van der Waals surface area contributed by atoms with Gasteiger partial charge in [-0.25, -0.2) is 0 Å². The monoisotopic (exact) mass is 251 g/mol. The van der Waals surface area contributed by atoms with Crippen LogP contribution in [0.15, 0.2) is 18.2 Å². The van der Waals surface area contributed by atoms with Gasteiger partial charge in [0.1, 0.15) is 0 Å². The molecule has 0 fully saturated rings. The lowest BCUT2D eigenvalue weighted by Crippen LogP contribution is -2.21. The van der Waals surface area contributed by atoms with E-state index in [9.17, 15) is 13.2 Å². The molecule has 0 saturated heterocycles. The lowest BCUT2D eigenvalue weighted by molar-refractivity contribution is -0.138. The van der Waals surface area contributed by atoms with Crippen LogP contribution >= 0.6 is 12.4 Å². The predicted octanol–water partition coefficient (Wildman–Crippen LogP) is 3.46. The Hall–Kier alpha value is -0.740. The van der Waals surface area contributed by atoms with Crippen LogP contribution in [0, 0.1) is 0 Å². The smallest absolute Gasteiger partial charge is 0.324 e. The highest BCUT2D eigenvalue weighted by Crippen LogP contribution is 2.38. The van der Waals surface area contributed by atoms with Gasteiger partial charge in [0.2, 0.25) is 0 Å². The molecule has 0 spiro atoms. The first-order chi connectivity index (χ1) is 7.00. The van der Waals surface area contributed by atoms with Crippen LogP contribution in [-0.4, -0.2) is 0 Å². The van der Waals surface area contributed by atoms with Crippen molar-refractivity contribution in [3.63, 3.8) is 0 Å². The summed E-state index contributed by atoms with van der Waals surface area (Å²) in [7, 11) is 0. The van der Waals surface area contributed by atoms with Gasteiger partial charge < -0.3 is 5.73 Å².